The molecule has 132 valence electrons. The molecule has 0 saturated carbocycles. The molecule has 0 saturated heterocycles. The van der Waals surface area contributed by atoms with Gasteiger partial charge in [-0.15, -0.1) is 0 Å². The molecule has 1 aliphatic heterocycles. The molecular weight excluding hydrogens is 334 g/mol. The Morgan fingerprint density at radius 2 is 2.15 bits per heavy atom. The van der Waals surface area contributed by atoms with Crippen molar-refractivity contribution >= 4 is 11.8 Å². The lowest BCUT2D eigenvalue weighted by atomic mass is 10.0. The van der Waals surface area contributed by atoms with Crippen LogP contribution >= 0.6 is 0 Å². The predicted octanol–water partition coefficient (Wildman–Crippen LogP) is 1.15. The number of benzene rings is 1. The third-order valence-electron chi connectivity index (χ3n) is 4.02. The van der Waals surface area contributed by atoms with Crippen molar-refractivity contribution in [1.82, 2.24) is 15.4 Å². The Hall–Kier alpha value is -3.43. The van der Waals surface area contributed by atoms with Crippen molar-refractivity contribution in [3.8, 4) is 17.1 Å². The number of hydrogen-bond acceptors (Lipinski definition) is 9. The minimum absolute atomic E-state index is 0.212. The quantitative estimate of drug-likeness (QED) is 0.639. The van der Waals surface area contributed by atoms with Gasteiger partial charge < -0.3 is 14.9 Å². The Balaban J connectivity index is 1.69. The van der Waals surface area contributed by atoms with E-state index in [1.807, 2.05) is 24.3 Å². The van der Waals surface area contributed by atoms with Crippen LogP contribution in [0, 0.1) is 0 Å². The highest BCUT2D eigenvalue weighted by atomic mass is 16.5. The van der Waals surface area contributed by atoms with Crippen molar-refractivity contribution in [2.75, 3.05) is 12.1 Å². The highest BCUT2D eigenvalue weighted by molar-refractivity contribution is 5.95. The summed E-state index contributed by atoms with van der Waals surface area (Å²) in [4.78, 5) is 12.6. The van der Waals surface area contributed by atoms with Crippen molar-refractivity contribution in [1.29, 1.82) is 0 Å². The summed E-state index contributed by atoms with van der Waals surface area (Å²) in [7, 11) is 1.57. The summed E-state index contributed by atoms with van der Waals surface area (Å²) in [6, 6.07) is 10.9. The van der Waals surface area contributed by atoms with Gasteiger partial charge in [-0.2, -0.15) is 5.43 Å². The highest BCUT2D eigenvalue weighted by Gasteiger charge is 2.38. The summed E-state index contributed by atoms with van der Waals surface area (Å²) in [5.74, 6) is 0.721. The molecular formula is C17H17N7O2. The molecule has 3 heterocycles. The fourth-order valence-electron chi connectivity index (χ4n) is 2.75. The average molecular weight is 351 g/mol. The van der Waals surface area contributed by atoms with Gasteiger partial charge in [-0.25, -0.2) is 20.0 Å². The first kappa shape index (κ1) is 16.1. The van der Waals surface area contributed by atoms with Crippen LogP contribution < -0.4 is 26.6 Å². The molecule has 1 aromatic carbocycles. The van der Waals surface area contributed by atoms with Gasteiger partial charge in [0.25, 0.3) is 0 Å². The normalized spacial score (nSPS) is 19.5. The first-order valence-corrected chi connectivity index (χ1v) is 7.81. The van der Waals surface area contributed by atoms with Crippen LogP contribution in [0.3, 0.4) is 0 Å². The minimum Gasteiger partial charge on any atom is -0.496 e. The van der Waals surface area contributed by atoms with Crippen molar-refractivity contribution in [2.45, 2.75) is 5.79 Å². The molecule has 5 N–H and O–H groups in total. The van der Waals surface area contributed by atoms with Gasteiger partial charge in [-0.1, -0.05) is 12.1 Å². The first-order valence-electron chi connectivity index (χ1n) is 7.81. The Kier molecular flexibility index (Phi) is 3.79. The molecule has 1 unspecified atom stereocenters. The standard InChI is InChI=1S/C17H17N7O2/c1-25-13-8-11(5-6-12(13)14-9-20-10-26-14)17(19)22-16(18)24(23-17)15-4-2-3-7-21-15/h2-10,23H,19H2,1H3,(H2,18,22). The van der Waals surface area contributed by atoms with E-state index in [1.165, 1.54) is 11.4 Å². The number of ether oxygens (including phenoxy) is 1. The predicted molar refractivity (Wildman–Crippen MR) is 95.8 cm³/mol. The molecule has 0 aliphatic carbocycles. The van der Waals surface area contributed by atoms with Crippen molar-refractivity contribution in [2.24, 2.45) is 16.5 Å². The maximum atomic E-state index is 6.45. The van der Waals surface area contributed by atoms with Crippen molar-refractivity contribution < 1.29 is 9.15 Å². The molecule has 1 atom stereocenters. The van der Waals surface area contributed by atoms with E-state index in [1.54, 1.807) is 31.6 Å². The molecule has 26 heavy (non-hydrogen) atoms. The molecule has 2 aromatic heterocycles. The number of guanidine groups is 1. The molecule has 1 aliphatic rings. The second-order valence-corrected chi connectivity index (χ2v) is 5.65. The van der Waals surface area contributed by atoms with Crippen LogP contribution in [0.15, 0.2) is 64.6 Å². The number of hydrogen-bond donors (Lipinski definition) is 3. The zero-order valence-electron chi connectivity index (χ0n) is 14.0. The second kappa shape index (κ2) is 6.14. The van der Waals surface area contributed by atoms with Crippen LogP contribution in [0.5, 0.6) is 5.75 Å². The summed E-state index contributed by atoms with van der Waals surface area (Å²) in [6.45, 7) is 0. The van der Waals surface area contributed by atoms with Gasteiger partial charge in [-0.05, 0) is 24.3 Å². The molecule has 9 heteroatoms. The van der Waals surface area contributed by atoms with E-state index in [0.29, 0.717) is 22.9 Å². The molecule has 0 fully saturated rings. The van der Waals surface area contributed by atoms with Crippen LogP contribution in [0.25, 0.3) is 11.3 Å². The zero-order chi connectivity index (χ0) is 18.1. The second-order valence-electron chi connectivity index (χ2n) is 5.65. The van der Waals surface area contributed by atoms with Crippen LogP contribution in [-0.4, -0.2) is 23.0 Å². The average Bonchev–Trinajstić information content (AvgIpc) is 3.30. The Labute approximate surface area is 149 Å². The summed E-state index contributed by atoms with van der Waals surface area (Å²) in [5.41, 5.74) is 17.0. The lowest BCUT2D eigenvalue weighted by Gasteiger charge is -2.25. The lowest BCUT2D eigenvalue weighted by molar-refractivity contribution is 0.387. The SMILES string of the molecule is COc1cc(C2(N)N=C(N)N(c3ccccn3)N2)ccc1-c1cnco1. The van der Waals surface area contributed by atoms with Gasteiger partial charge in [0.1, 0.15) is 11.6 Å². The van der Waals surface area contributed by atoms with Gasteiger partial charge in [0, 0.05) is 11.8 Å². The van der Waals surface area contributed by atoms with E-state index in [9.17, 15) is 0 Å². The largest absolute Gasteiger partial charge is 0.496 e. The molecule has 0 radical (unpaired) electrons. The number of rotatable bonds is 4. The fraction of sp³-hybridized carbons (Fsp3) is 0.118. The number of pyridine rings is 1. The summed E-state index contributed by atoms with van der Waals surface area (Å²) < 4.78 is 10.8. The monoisotopic (exact) mass is 351 g/mol. The minimum atomic E-state index is -1.26. The number of hydrazine groups is 1. The number of aliphatic imine (C=N–C) groups is 1. The van der Waals surface area contributed by atoms with E-state index in [-0.39, 0.29) is 5.96 Å². The number of nitrogens with two attached hydrogens (primary N) is 2. The van der Waals surface area contributed by atoms with Crippen LogP contribution in [-0.2, 0) is 5.79 Å². The van der Waals surface area contributed by atoms with E-state index in [0.717, 1.165) is 5.56 Å². The van der Waals surface area contributed by atoms with E-state index >= 15 is 0 Å². The van der Waals surface area contributed by atoms with Crippen LogP contribution in [0.2, 0.25) is 0 Å². The van der Waals surface area contributed by atoms with E-state index in [4.69, 9.17) is 20.6 Å². The number of nitrogens with one attached hydrogen (secondary N) is 1. The first-order chi connectivity index (χ1) is 12.6. The third kappa shape index (κ3) is 2.65. The lowest BCUT2D eigenvalue weighted by Crippen LogP contribution is -2.53. The van der Waals surface area contributed by atoms with Gasteiger partial charge in [-0.3, -0.25) is 5.73 Å². The number of nitrogens with zero attached hydrogens (tertiary/aromatic N) is 4. The number of anilines is 1. The highest BCUT2D eigenvalue weighted by Crippen LogP contribution is 2.34. The molecule has 0 spiro atoms. The maximum Gasteiger partial charge on any atom is 0.215 e. The third-order valence-corrected chi connectivity index (χ3v) is 4.02. The molecule has 0 amide bonds. The van der Waals surface area contributed by atoms with Gasteiger partial charge in [0.2, 0.25) is 11.7 Å². The molecule has 0 bridgehead atoms. The van der Waals surface area contributed by atoms with E-state index in [2.05, 4.69) is 20.4 Å². The maximum absolute atomic E-state index is 6.45. The Morgan fingerprint density at radius 1 is 1.27 bits per heavy atom. The number of oxazole rings is 1. The van der Waals surface area contributed by atoms with Gasteiger partial charge in [0.15, 0.2) is 12.2 Å². The summed E-state index contributed by atoms with van der Waals surface area (Å²) in [5, 5.41) is 1.54. The van der Waals surface area contributed by atoms with Gasteiger partial charge in [0.05, 0.1) is 18.9 Å². The molecule has 9 nitrogen and oxygen atoms in total. The summed E-state index contributed by atoms with van der Waals surface area (Å²) in [6.07, 6.45) is 4.64. The van der Waals surface area contributed by atoms with Crippen molar-refractivity contribution in [3.63, 3.8) is 0 Å². The van der Waals surface area contributed by atoms with Crippen LogP contribution in [0.4, 0.5) is 5.82 Å². The smallest absolute Gasteiger partial charge is 0.215 e. The Morgan fingerprint density at radius 3 is 2.85 bits per heavy atom. The number of aromatic nitrogens is 2. The topological polar surface area (TPSA) is 128 Å². The van der Waals surface area contributed by atoms with Crippen molar-refractivity contribution in [3.05, 3.63) is 60.7 Å². The molecule has 4 rings (SSSR count). The van der Waals surface area contributed by atoms with E-state index < -0.39 is 5.79 Å². The fourth-order valence-corrected chi connectivity index (χ4v) is 2.75. The zero-order valence-corrected chi connectivity index (χ0v) is 14.0. The Bertz CT molecular complexity index is 943. The van der Waals surface area contributed by atoms with Crippen LogP contribution in [0.1, 0.15) is 5.56 Å². The summed E-state index contributed by atoms with van der Waals surface area (Å²) >= 11 is 0. The number of methoxy groups -OCH3 is 1. The molecule has 3 aromatic rings. The van der Waals surface area contributed by atoms with Gasteiger partial charge >= 0.3 is 0 Å².